The summed E-state index contributed by atoms with van der Waals surface area (Å²) in [5.74, 6) is -1.34. The van der Waals surface area contributed by atoms with E-state index in [1.54, 1.807) is 0 Å². The van der Waals surface area contributed by atoms with E-state index in [0.29, 0.717) is 16.6 Å². The normalized spacial score (nSPS) is 14.7. The van der Waals surface area contributed by atoms with E-state index < -0.39 is 29.2 Å². The molecule has 1 aliphatic rings. The fourth-order valence-corrected chi connectivity index (χ4v) is 3.87. The second-order valence-corrected chi connectivity index (χ2v) is 8.18. The quantitative estimate of drug-likeness (QED) is 0.290. The zero-order chi connectivity index (χ0) is 25.7. The molecule has 5 rings (SSSR count). The molecule has 15 heteroatoms. The Bertz CT molecular complexity index is 1460. The highest BCUT2D eigenvalue weighted by Crippen LogP contribution is 2.59. The van der Waals surface area contributed by atoms with Crippen molar-refractivity contribution in [3.8, 4) is 11.3 Å². The summed E-state index contributed by atoms with van der Waals surface area (Å²) in [6.45, 7) is -0.0836. The summed E-state index contributed by atoms with van der Waals surface area (Å²) in [6.07, 6.45) is -3.50. The Morgan fingerprint density at radius 2 is 2.00 bits per heavy atom. The summed E-state index contributed by atoms with van der Waals surface area (Å²) in [5, 5.41) is 21.9. The van der Waals surface area contributed by atoms with E-state index >= 15 is 0 Å². The lowest BCUT2D eigenvalue weighted by molar-refractivity contribution is -0.165. The first-order valence-electron chi connectivity index (χ1n) is 10.6. The van der Waals surface area contributed by atoms with Crippen LogP contribution >= 0.6 is 0 Å². The van der Waals surface area contributed by atoms with Crippen molar-refractivity contribution in [3.63, 3.8) is 0 Å². The van der Waals surface area contributed by atoms with E-state index in [4.69, 9.17) is 10.3 Å². The van der Waals surface area contributed by atoms with Crippen LogP contribution in [-0.2, 0) is 12.0 Å². The highest BCUT2D eigenvalue weighted by Gasteiger charge is 2.66. The van der Waals surface area contributed by atoms with Gasteiger partial charge in [-0.15, -0.1) is 0 Å². The second kappa shape index (κ2) is 8.44. The van der Waals surface area contributed by atoms with Crippen molar-refractivity contribution in [2.45, 2.75) is 31.0 Å². The molecule has 0 saturated heterocycles. The molecular formula is C21H18F4N8O3. The average molecular weight is 506 g/mol. The standard InChI is InChI=1S/C21H18F4N8O3/c22-11-7-10(16-15-17(26)27-9-28-18(15)33(31-16)5-6-34)1-2-12(11)29-19(35)30-14-8-13(36-32-14)20(3-4-20)21(23,24)25/h1-2,7-9,34H,3-6H2,(H2,26,27,28)(H2,29,30,32,35). The zero-order valence-corrected chi connectivity index (χ0v) is 18.3. The molecule has 3 aromatic heterocycles. The number of nitrogens with zero attached hydrogens (tertiary/aromatic N) is 5. The Kier molecular flexibility index (Phi) is 5.50. The number of alkyl halides is 3. The van der Waals surface area contributed by atoms with E-state index in [9.17, 15) is 27.5 Å². The molecule has 0 bridgehead atoms. The molecule has 1 aromatic carbocycles. The number of halogens is 4. The Hall–Kier alpha value is -4.27. The van der Waals surface area contributed by atoms with Gasteiger partial charge in [-0.2, -0.15) is 18.3 Å². The van der Waals surface area contributed by atoms with Gasteiger partial charge in [-0.25, -0.2) is 23.8 Å². The molecule has 1 saturated carbocycles. The molecule has 1 fully saturated rings. The molecule has 3 heterocycles. The van der Waals surface area contributed by atoms with Crippen LogP contribution in [0.25, 0.3) is 22.3 Å². The van der Waals surface area contributed by atoms with Crippen LogP contribution < -0.4 is 16.4 Å². The largest absolute Gasteiger partial charge is 0.401 e. The van der Waals surface area contributed by atoms with E-state index in [-0.39, 0.29) is 49.0 Å². The molecule has 36 heavy (non-hydrogen) atoms. The topological polar surface area (TPSA) is 157 Å². The molecule has 0 aliphatic heterocycles. The third-order valence-corrected chi connectivity index (χ3v) is 5.88. The van der Waals surface area contributed by atoms with Gasteiger partial charge in [-0.05, 0) is 25.0 Å². The van der Waals surface area contributed by atoms with Crippen molar-refractivity contribution in [1.29, 1.82) is 0 Å². The fourth-order valence-electron chi connectivity index (χ4n) is 3.87. The van der Waals surface area contributed by atoms with Crippen LogP contribution in [0.5, 0.6) is 0 Å². The molecular weight excluding hydrogens is 488 g/mol. The number of urea groups is 1. The van der Waals surface area contributed by atoms with Crippen LogP contribution in [0.15, 0.2) is 35.1 Å². The Morgan fingerprint density at radius 1 is 1.22 bits per heavy atom. The molecule has 0 radical (unpaired) electrons. The lowest BCUT2D eigenvalue weighted by Crippen LogP contribution is -2.28. The maximum Gasteiger partial charge on any atom is 0.401 e. The first-order valence-corrected chi connectivity index (χ1v) is 10.6. The summed E-state index contributed by atoms with van der Waals surface area (Å²) in [5.41, 5.74) is 4.62. The number of aromatic nitrogens is 5. The minimum atomic E-state index is -4.49. The first kappa shape index (κ1) is 23.5. The van der Waals surface area contributed by atoms with Crippen LogP contribution in [0.2, 0.25) is 0 Å². The van der Waals surface area contributed by atoms with Gasteiger partial charge in [0.25, 0.3) is 0 Å². The van der Waals surface area contributed by atoms with Gasteiger partial charge >= 0.3 is 12.2 Å². The number of carbonyl (C=O) groups is 1. The SMILES string of the molecule is Nc1ncnc2c1c(-c1ccc(NC(=O)Nc3cc(C4(C(F)(F)F)CC4)on3)c(F)c1)nn2CCO. The van der Waals surface area contributed by atoms with Crippen LogP contribution in [0.1, 0.15) is 18.6 Å². The van der Waals surface area contributed by atoms with E-state index in [1.807, 2.05) is 0 Å². The molecule has 5 N–H and O–H groups in total. The van der Waals surface area contributed by atoms with Gasteiger partial charge in [-0.1, -0.05) is 11.2 Å². The maximum atomic E-state index is 14.9. The van der Waals surface area contributed by atoms with Gasteiger partial charge in [0.1, 0.15) is 29.1 Å². The molecule has 1 aliphatic carbocycles. The second-order valence-electron chi connectivity index (χ2n) is 8.18. The van der Waals surface area contributed by atoms with E-state index in [2.05, 4.69) is 30.9 Å². The summed E-state index contributed by atoms with van der Waals surface area (Å²) >= 11 is 0. The lowest BCUT2D eigenvalue weighted by Gasteiger charge is -2.14. The fraction of sp³-hybridized carbons (Fsp3) is 0.286. The molecule has 4 aromatic rings. The molecule has 188 valence electrons. The van der Waals surface area contributed by atoms with Gasteiger partial charge in [0.05, 0.1) is 24.2 Å². The van der Waals surface area contributed by atoms with E-state index in [0.717, 1.165) is 12.1 Å². The van der Waals surface area contributed by atoms with Gasteiger partial charge in [0, 0.05) is 11.6 Å². The number of nitrogens with one attached hydrogen (secondary N) is 2. The van der Waals surface area contributed by atoms with Gasteiger partial charge in [0.15, 0.2) is 17.2 Å². The number of benzene rings is 1. The Morgan fingerprint density at radius 3 is 2.67 bits per heavy atom. The Balaban J connectivity index is 1.34. The van der Waals surface area contributed by atoms with E-state index in [1.165, 1.54) is 23.1 Å². The predicted octanol–water partition coefficient (Wildman–Crippen LogP) is 3.43. The summed E-state index contributed by atoms with van der Waals surface area (Å²) < 4.78 is 60.7. The number of aliphatic hydroxyl groups excluding tert-OH is 1. The maximum absolute atomic E-state index is 14.9. The van der Waals surface area contributed by atoms with Crippen LogP contribution in [-0.4, -0.2) is 48.8 Å². The number of anilines is 3. The first-order chi connectivity index (χ1) is 17.1. The van der Waals surface area contributed by atoms with Crippen LogP contribution in [0.4, 0.5) is 39.7 Å². The monoisotopic (exact) mass is 506 g/mol. The minimum absolute atomic E-state index is 0.117. The van der Waals surface area contributed by atoms with Crippen molar-refractivity contribution in [3.05, 3.63) is 42.2 Å². The smallest absolute Gasteiger partial charge is 0.394 e. The minimum Gasteiger partial charge on any atom is -0.394 e. The van der Waals surface area contributed by atoms with Crippen molar-refractivity contribution in [2.24, 2.45) is 0 Å². The van der Waals surface area contributed by atoms with Crippen molar-refractivity contribution < 1.29 is 32.0 Å². The summed E-state index contributed by atoms with van der Waals surface area (Å²) in [6, 6.07) is 3.93. The molecule has 0 spiro atoms. The number of hydrogen-bond acceptors (Lipinski definition) is 8. The third kappa shape index (κ3) is 3.96. The Labute approximate surface area is 199 Å². The van der Waals surface area contributed by atoms with Gasteiger partial charge in [-0.3, -0.25) is 5.32 Å². The van der Waals surface area contributed by atoms with Gasteiger partial charge in [0.2, 0.25) is 0 Å². The zero-order valence-electron chi connectivity index (χ0n) is 18.3. The number of nitrogens with two attached hydrogens (primary N) is 1. The molecule has 2 amide bonds. The number of amides is 2. The van der Waals surface area contributed by atoms with Gasteiger partial charge < -0.3 is 20.7 Å². The lowest BCUT2D eigenvalue weighted by atomic mass is 10.0. The average Bonchev–Trinajstić information content (AvgIpc) is 3.39. The van der Waals surface area contributed by atoms with Crippen LogP contribution in [0, 0.1) is 5.82 Å². The molecule has 11 nitrogen and oxygen atoms in total. The number of rotatable bonds is 6. The van der Waals surface area contributed by atoms with Crippen LogP contribution in [0.3, 0.4) is 0 Å². The third-order valence-electron chi connectivity index (χ3n) is 5.88. The summed E-state index contributed by atoms with van der Waals surface area (Å²) in [7, 11) is 0. The number of carbonyl (C=O) groups excluding carboxylic acids is 1. The number of nitrogen functional groups attached to an aromatic ring is 1. The number of fused-ring (bicyclic) bond motifs is 1. The van der Waals surface area contributed by atoms with Crippen molar-refractivity contribution in [1.82, 2.24) is 24.9 Å². The molecule has 0 atom stereocenters. The summed E-state index contributed by atoms with van der Waals surface area (Å²) in [4.78, 5) is 20.3. The highest BCUT2D eigenvalue weighted by molar-refractivity contribution is 6.00. The number of hydrogen-bond donors (Lipinski definition) is 4. The number of aliphatic hydroxyl groups is 1. The highest BCUT2D eigenvalue weighted by atomic mass is 19.4. The molecule has 0 unspecified atom stereocenters. The van der Waals surface area contributed by atoms with Crippen molar-refractivity contribution >= 4 is 34.4 Å². The van der Waals surface area contributed by atoms with Crippen molar-refractivity contribution in [2.75, 3.05) is 23.0 Å². The predicted molar refractivity (Wildman–Crippen MR) is 118 cm³/mol.